The molecule has 2 rings (SSSR count). The monoisotopic (exact) mass is 276 g/mol. The van der Waals surface area contributed by atoms with E-state index in [9.17, 15) is 0 Å². The Morgan fingerprint density at radius 1 is 1.30 bits per heavy atom. The van der Waals surface area contributed by atoms with Crippen molar-refractivity contribution in [2.75, 3.05) is 26.8 Å². The summed E-state index contributed by atoms with van der Waals surface area (Å²) in [6, 6.07) is 9.68. The predicted octanol–water partition coefficient (Wildman–Crippen LogP) is 2.70. The summed E-state index contributed by atoms with van der Waals surface area (Å²) in [6.45, 7) is 9.06. The maximum Gasteiger partial charge on any atom is 0.0622 e. The topological polar surface area (TPSA) is 38.5 Å². The van der Waals surface area contributed by atoms with E-state index in [2.05, 4.69) is 57.0 Å². The molecule has 20 heavy (non-hydrogen) atoms. The van der Waals surface area contributed by atoms with Gasteiger partial charge in [-0.25, -0.2) is 0 Å². The van der Waals surface area contributed by atoms with Crippen LogP contribution in [0.15, 0.2) is 24.3 Å². The van der Waals surface area contributed by atoms with Crippen molar-refractivity contribution in [3.05, 3.63) is 35.4 Å². The molecular formula is C17H28N2O. The minimum atomic E-state index is 0.196. The van der Waals surface area contributed by atoms with E-state index in [1.807, 2.05) is 0 Å². The van der Waals surface area contributed by atoms with Gasteiger partial charge in [0, 0.05) is 25.2 Å². The van der Waals surface area contributed by atoms with Gasteiger partial charge in [-0.2, -0.15) is 0 Å². The smallest absolute Gasteiger partial charge is 0.0622 e. The summed E-state index contributed by atoms with van der Waals surface area (Å²) in [5, 5.41) is 0. The second-order valence-corrected chi connectivity index (χ2v) is 6.81. The standard InChI is InChI=1S/C17H28N2O/c1-17(2,3)14-7-5-13(6-8-14)16(11-18)19(4)15-9-10-20-12-15/h5-8,15-16H,9-12,18H2,1-4H3. The van der Waals surface area contributed by atoms with E-state index in [0.717, 1.165) is 19.6 Å². The Kier molecular flexibility index (Phi) is 4.84. The number of hydrogen-bond donors (Lipinski definition) is 1. The molecule has 1 saturated heterocycles. The molecule has 2 atom stereocenters. The van der Waals surface area contributed by atoms with Gasteiger partial charge in [0.25, 0.3) is 0 Å². The predicted molar refractivity (Wildman–Crippen MR) is 83.9 cm³/mol. The highest BCUT2D eigenvalue weighted by Crippen LogP contribution is 2.27. The zero-order valence-electron chi connectivity index (χ0n) is 13.2. The Hall–Kier alpha value is -0.900. The normalized spacial score (nSPS) is 21.4. The largest absolute Gasteiger partial charge is 0.380 e. The van der Waals surface area contributed by atoms with Crippen LogP contribution >= 0.6 is 0 Å². The van der Waals surface area contributed by atoms with Crippen molar-refractivity contribution in [2.24, 2.45) is 5.73 Å². The van der Waals surface area contributed by atoms with Crippen LogP contribution in [0.4, 0.5) is 0 Å². The van der Waals surface area contributed by atoms with Gasteiger partial charge in [-0.05, 0) is 30.0 Å². The fraction of sp³-hybridized carbons (Fsp3) is 0.647. The maximum atomic E-state index is 6.01. The highest BCUT2D eigenvalue weighted by Gasteiger charge is 2.26. The zero-order chi connectivity index (χ0) is 14.8. The van der Waals surface area contributed by atoms with Gasteiger partial charge in [0.1, 0.15) is 0 Å². The number of likely N-dealkylation sites (N-methyl/N-ethyl adjacent to an activating group) is 1. The Morgan fingerprint density at radius 2 is 1.95 bits per heavy atom. The van der Waals surface area contributed by atoms with Crippen molar-refractivity contribution < 1.29 is 4.74 Å². The van der Waals surface area contributed by atoms with E-state index in [-0.39, 0.29) is 11.5 Å². The molecule has 1 fully saturated rings. The Labute approximate surface area is 123 Å². The second-order valence-electron chi connectivity index (χ2n) is 6.81. The van der Waals surface area contributed by atoms with Crippen LogP contribution in [0.2, 0.25) is 0 Å². The lowest BCUT2D eigenvalue weighted by Gasteiger charge is -2.32. The maximum absolute atomic E-state index is 6.01. The third-order valence-corrected chi connectivity index (χ3v) is 4.36. The molecule has 3 heteroatoms. The van der Waals surface area contributed by atoms with Crippen molar-refractivity contribution >= 4 is 0 Å². The lowest BCUT2D eigenvalue weighted by atomic mass is 9.86. The average Bonchev–Trinajstić information content (AvgIpc) is 2.93. The van der Waals surface area contributed by atoms with Gasteiger partial charge in [0.05, 0.1) is 6.61 Å². The van der Waals surface area contributed by atoms with Crippen LogP contribution in [0.25, 0.3) is 0 Å². The lowest BCUT2D eigenvalue weighted by Crippen LogP contribution is -2.39. The molecule has 0 amide bonds. The molecule has 0 aliphatic carbocycles. The van der Waals surface area contributed by atoms with Crippen LogP contribution in [-0.4, -0.2) is 37.7 Å². The van der Waals surface area contributed by atoms with Gasteiger partial charge < -0.3 is 10.5 Å². The van der Waals surface area contributed by atoms with Gasteiger partial charge in [-0.15, -0.1) is 0 Å². The minimum absolute atomic E-state index is 0.196. The van der Waals surface area contributed by atoms with Crippen LogP contribution in [0.5, 0.6) is 0 Å². The first-order chi connectivity index (χ1) is 9.43. The molecule has 0 bridgehead atoms. The first kappa shape index (κ1) is 15.5. The molecule has 0 spiro atoms. The summed E-state index contributed by atoms with van der Waals surface area (Å²) in [6.07, 6.45) is 1.10. The van der Waals surface area contributed by atoms with E-state index >= 15 is 0 Å². The molecule has 3 nitrogen and oxygen atoms in total. The minimum Gasteiger partial charge on any atom is -0.380 e. The number of ether oxygens (including phenoxy) is 1. The van der Waals surface area contributed by atoms with E-state index in [0.29, 0.717) is 12.6 Å². The highest BCUT2D eigenvalue weighted by atomic mass is 16.5. The fourth-order valence-corrected chi connectivity index (χ4v) is 2.84. The van der Waals surface area contributed by atoms with Crippen LogP contribution in [-0.2, 0) is 10.2 Å². The number of hydrogen-bond acceptors (Lipinski definition) is 3. The summed E-state index contributed by atoms with van der Waals surface area (Å²) < 4.78 is 5.49. The molecule has 1 aromatic rings. The van der Waals surface area contributed by atoms with Gasteiger partial charge in [0.15, 0.2) is 0 Å². The molecule has 1 aliphatic heterocycles. The number of rotatable bonds is 4. The van der Waals surface area contributed by atoms with Crippen LogP contribution in [0.1, 0.15) is 44.4 Å². The fourth-order valence-electron chi connectivity index (χ4n) is 2.84. The highest BCUT2D eigenvalue weighted by molar-refractivity contribution is 5.29. The third-order valence-electron chi connectivity index (χ3n) is 4.36. The molecule has 0 radical (unpaired) electrons. The molecule has 2 unspecified atom stereocenters. The molecule has 0 saturated carbocycles. The van der Waals surface area contributed by atoms with Crippen molar-refractivity contribution in [3.8, 4) is 0 Å². The summed E-state index contributed by atoms with van der Waals surface area (Å²) in [7, 11) is 2.16. The Morgan fingerprint density at radius 3 is 2.40 bits per heavy atom. The van der Waals surface area contributed by atoms with Crippen molar-refractivity contribution in [1.82, 2.24) is 4.90 Å². The molecule has 1 aliphatic rings. The van der Waals surface area contributed by atoms with Crippen molar-refractivity contribution in [3.63, 3.8) is 0 Å². The van der Waals surface area contributed by atoms with Crippen molar-refractivity contribution in [1.29, 1.82) is 0 Å². The molecule has 1 heterocycles. The average molecular weight is 276 g/mol. The third kappa shape index (κ3) is 3.40. The van der Waals surface area contributed by atoms with Crippen LogP contribution in [0, 0.1) is 0 Å². The Bertz CT molecular complexity index is 416. The van der Waals surface area contributed by atoms with E-state index in [1.54, 1.807) is 0 Å². The molecule has 112 valence electrons. The molecular weight excluding hydrogens is 248 g/mol. The molecule has 2 N–H and O–H groups in total. The molecule has 1 aromatic carbocycles. The zero-order valence-corrected chi connectivity index (χ0v) is 13.2. The molecule has 0 aromatic heterocycles. The van der Waals surface area contributed by atoms with E-state index < -0.39 is 0 Å². The van der Waals surface area contributed by atoms with Gasteiger partial charge in [-0.1, -0.05) is 45.0 Å². The van der Waals surface area contributed by atoms with Gasteiger partial charge in [0.2, 0.25) is 0 Å². The van der Waals surface area contributed by atoms with E-state index in [4.69, 9.17) is 10.5 Å². The van der Waals surface area contributed by atoms with Gasteiger partial charge >= 0.3 is 0 Å². The summed E-state index contributed by atoms with van der Waals surface area (Å²) in [5.74, 6) is 0. The summed E-state index contributed by atoms with van der Waals surface area (Å²) >= 11 is 0. The Balaban J connectivity index is 2.14. The summed E-state index contributed by atoms with van der Waals surface area (Å²) in [4.78, 5) is 2.37. The first-order valence-electron chi connectivity index (χ1n) is 7.53. The second kappa shape index (κ2) is 6.25. The SMILES string of the molecule is CN(C1CCOC1)C(CN)c1ccc(C(C)(C)C)cc1. The number of nitrogens with zero attached hydrogens (tertiary/aromatic N) is 1. The number of nitrogens with two attached hydrogens (primary N) is 1. The quantitative estimate of drug-likeness (QED) is 0.919. The summed E-state index contributed by atoms with van der Waals surface area (Å²) in [5.41, 5.74) is 8.88. The van der Waals surface area contributed by atoms with Gasteiger partial charge in [-0.3, -0.25) is 4.90 Å². The first-order valence-corrected chi connectivity index (χ1v) is 7.53. The van der Waals surface area contributed by atoms with Crippen molar-refractivity contribution in [2.45, 2.75) is 44.7 Å². The van der Waals surface area contributed by atoms with Crippen LogP contribution in [0.3, 0.4) is 0 Å². The van der Waals surface area contributed by atoms with Crippen LogP contribution < -0.4 is 5.73 Å². The lowest BCUT2D eigenvalue weighted by molar-refractivity contribution is 0.134. The number of benzene rings is 1. The van der Waals surface area contributed by atoms with E-state index in [1.165, 1.54) is 11.1 Å².